The van der Waals surface area contributed by atoms with Gasteiger partial charge in [0.15, 0.2) is 0 Å². The molecule has 2 aromatic heterocycles. The average Bonchev–Trinajstić information content (AvgIpc) is 3.26. The van der Waals surface area contributed by atoms with E-state index in [1.165, 1.54) is 31.3 Å². The molecule has 1 aliphatic rings. The highest BCUT2D eigenvalue weighted by Crippen LogP contribution is 2.35. The van der Waals surface area contributed by atoms with Crippen LogP contribution in [0.2, 0.25) is 0 Å². The van der Waals surface area contributed by atoms with Crippen LogP contribution >= 0.6 is 0 Å². The SMILES string of the molecule is C/C=C/C(F)Oc1cc2nn(C3CCNCC3)cc2cc1N(C)C(=O)c1cccc(C(F)(F)F)n1. The number of nitrogens with one attached hydrogen (secondary N) is 1. The van der Waals surface area contributed by atoms with Crippen LogP contribution in [-0.4, -0.2) is 47.2 Å². The molecule has 3 aromatic rings. The smallest absolute Gasteiger partial charge is 0.433 e. The summed E-state index contributed by atoms with van der Waals surface area (Å²) < 4.78 is 60.9. The number of anilines is 1. The van der Waals surface area contributed by atoms with Gasteiger partial charge in [0.1, 0.15) is 17.1 Å². The van der Waals surface area contributed by atoms with Crippen LogP contribution in [0.5, 0.6) is 5.75 Å². The van der Waals surface area contributed by atoms with Gasteiger partial charge in [-0.05, 0) is 57.1 Å². The minimum Gasteiger partial charge on any atom is -0.455 e. The molecule has 1 amide bonds. The molecule has 4 rings (SSSR count). The summed E-state index contributed by atoms with van der Waals surface area (Å²) in [6.07, 6.45) is -0.168. The monoisotopic (exact) mass is 491 g/mol. The van der Waals surface area contributed by atoms with E-state index in [9.17, 15) is 22.4 Å². The van der Waals surface area contributed by atoms with Crippen LogP contribution in [0.3, 0.4) is 0 Å². The summed E-state index contributed by atoms with van der Waals surface area (Å²) in [6.45, 7) is 3.37. The van der Waals surface area contributed by atoms with E-state index in [2.05, 4.69) is 15.4 Å². The highest BCUT2D eigenvalue weighted by atomic mass is 19.4. The highest BCUT2D eigenvalue weighted by molar-refractivity contribution is 6.06. The van der Waals surface area contributed by atoms with Gasteiger partial charge in [0, 0.05) is 24.7 Å². The quantitative estimate of drug-likeness (QED) is 0.392. The Kier molecular flexibility index (Phi) is 7.06. The maximum atomic E-state index is 14.4. The molecule has 7 nitrogen and oxygen atoms in total. The number of halogens is 4. The molecular weight excluding hydrogens is 466 g/mol. The molecule has 1 N–H and O–H groups in total. The lowest BCUT2D eigenvalue weighted by molar-refractivity contribution is -0.141. The van der Waals surface area contributed by atoms with Crippen molar-refractivity contribution < 1.29 is 27.1 Å². The van der Waals surface area contributed by atoms with Crippen molar-refractivity contribution in [2.24, 2.45) is 0 Å². The van der Waals surface area contributed by atoms with Crippen LogP contribution in [0, 0.1) is 0 Å². The zero-order valence-corrected chi connectivity index (χ0v) is 19.2. The second-order valence-corrected chi connectivity index (χ2v) is 8.23. The molecule has 0 aliphatic carbocycles. The van der Waals surface area contributed by atoms with E-state index in [4.69, 9.17) is 4.74 Å². The number of amides is 1. The summed E-state index contributed by atoms with van der Waals surface area (Å²) in [6, 6.07) is 6.44. The van der Waals surface area contributed by atoms with Gasteiger partial charge in [0.05, 0.1) is 17.2 Å². The number of carbonyl (C=O) groups is 1. The molecule has 1 fully saturated rings. The summed E-state index contributed by atoms with van der Waals surface area (Å²) in [7, 11) is 1.37. The third-order valence-corrected chi connectivity index (χ3v) is 5.79. The predicted octanol–water partition coefficient (Wildman–Crippen LogP) is 4.90. The number of pyridine rings is 1. The van der Waals surface area contributed by atoms with E-state index in [0.717, 1.165) is 43.0 Å². The fraction of sp³-hybridized carbons (Fsp3) is 0.375. The molecule has 11 heteroatoms. The first-order chi connectivity index (χ1) is 16.7. The molecule has 1 aromatic carbocycles. The van der Waals surface area contributed by atoms with E-state index in [0.29, 0.717) is 10.9 Å². The lowest BCUT2D eigenvalue weighted by atomic mass is 10.1. The van der Waals surface area contributed by atoms with Gasteiger partial charge >= 0.3 is 6.18 Å². The average molecular weight is 491 g/mol. The zero-order chi connectivity index (χ0) is 25.2. The third-order valence-electron chi connectivity index (χ3n) is 5.79. The first-order valence-corrected chi connectivity index (χ1v) is 11.2. The highest BCUT2D eigenvalue weighted by Gasteiger charge is 2.33. The number of piperidine rings is 1. The molecule has 1 aliphatic heterocycles. The Balaban J connectivity index is 1.73. The third kappa shape index (κ3) is 5.45. The Bertz CT molecular complexity index is 1230. The van der Waals surface area contributed by atoms with E-state index in [-0.39, 0.29) is 17.5 Å². The fourth-order valence-electron chi connectivity index (χ4n) is 3.98. The van der Waals surface area contributed by atoms with Crippen molar-refractivity contribution >= 4 is 22.5 Å². The summed E-state index contributed by atoms with van der Waals surface area (Å²) in [5, 5.41) is 8.60. The summed E-state index contributed by atoms with van der Waals surface area (Å²) >= 11 is 0. The molecular formula is C24H25F4N5O2. The summed E-state index contributed by atoms with van der Waals surface area (Å²) in [5.74, 6) is -0.769. The molecule has 0 radical (unpaired) electrons. The van der Waals surface area contributed by atoms with Crippen molar-refractivity contribution in [2.45, 2.75) is 38.3 Å². The Hall–Kier alpha value is -3.47. The Morgan fingerprint density at radius 2 is 2.03 bits per heavy atom. The van der Waals surface area contributed by atoms with Crippen LogP contribution < -0.4 is 15.0 Å². The summed E-state index contributed by atoms with van der Waals surface area (Å²) in [4.78, 5) is 17.7. The molecule has 1 saturated heterocycles. The fourth-order valence-corrected chi connectivity index (χ4v) is 3.98. The van der Waals surface area contributed by atoms with Gasteiger partial charge in [-0.2, -0.15) is 22.7 Å². The minimum atomic E-state index is -4.70. The molecule has 3 heterocycles. The van der Waals surface area contributed by atoms with E-state index >= 15 is 0 Å². The number of hydrogen-bond acceptors (Lipinski definition) is 5. The molecule has 1 unspecified atom stereocenters. The molecule has 0 bridgehead atoms. The number of allylic oxidation sites excluding steroid dienone is 1. The second kappa shape index (κ2) is 10.0. The van der Waals surface area contributed by atoms with Crippen LogP contribution in [0.25, 0.3) is 10.9 Å². The minimum absolute atomic E-state index is 0.0292. The molecule has 0 saturated carbocycles. The molecule has 186 valence electrons. The van der Waals surface area contributed by atoms with Gasteiger partial charge in [0.2, 0.25) is 0 Å². The van der Waals surface area contributed by atoms with Gasteiger partial charge in [-0.25, -0.2) is 4.98 Å². The Morgan fingerprint density at radius 3 is 2.71 bits per heavy atom. The predicted molar refractivity (Wildman–Crippen MR) is 123 cm³/mol. The van der Waals surface area contributed by atoms with E-state index in [1.807, 2.05) is 10.9 Å². The lowest BCUT2D eigenvalue weighted by Crippen LogP contribution is -2.29. The van der Waals surface area contributed by atoms with Crippen molar-refractivity contribution in [3.8, 4) is 5.75 Å². The van der Waals surface area contributed by atoms with E-state index < -0.39 is 29.8 Å². The number of benzene rings is 1. The van der Waals surface area contributed by atoms with Crippen molar-refractivity contribution in [1.29, 1.82) is 0 Å². The van der Waals surface area contributed by atoms with Crippen molar-refractivity contribution in [2.75, 3.05) is 25.0 Å². The second-order valence-electron chi connectivity index (χ2n) is 8.23. The van der Waals surface area contributed by atoms with Crippen LogP contribution in [0.15, 0.2) is 48.7 Å². The summed E-state index contributed by atoms with van der Waals surface area (Å²) in [5.41, 5.74) is -0.848. The van der Waals surface area contributed by atoms with Crippen LogP contribution in [-0.2, 0) is 6.18 Å². The van der Waals surface area contributed by atoms with Gasteiger partial charge in [-0.15, -0.1) is 0 Å². The first-order valence-electron chi connectivity index (χ1n) is 11.2. The number of alkyl halides is 4. The Morgan fingerprint density at radius 1 is 1.29 bits per heavy atom. The standard InChI is InChI=1S/C24H25F4N5O2/c1-3-5-22(25)35-20-13-18-15(14-33(31-18)16-8-10-29-11-9-16)12-19(20)32(2)23(34)17-6-4-7-21(30-17)24(26,27)28/h3-7,12-14,16,22,29H,8-11H2,1-2H3/b5-3+. The number of fused-ring (bicyclic) bond motifs is 1. The zero-order valence-electron chi connectivity index (χ0n) is 19.2. The van der Waals surface area contributed by atoms with Gasteiger partial charge in [-0.1, -0.05) is 12.1 Å². The number of ether oxygens (including phenoxy) is 1. The maximum absolute atomic E-state index is 14.4. The van der Waals surface area contributed by atoms with Crippen LogP contribution in [0.1, 0.15) is 42.0 Å². The first kappa shape index (κ1) is 24.6. The largest absolute Gasteiger partial charge is 0.455 e. The maximum Gasteiger partial charge on any atom is 0.433 e. The number of rotatable bonds is 6. The van der Waals surface area contributed by atoms with Gasteiger partial charge in [-0.3, -0.25) is 9.48 Å². The molecule has 0 spiro atoms. The molecule has 1 atom stereocenters. The normalized spacial score (nSPS) is 16.1. The number of nitrogens with zero attached hydrogens (tertiary/aromatic N) is 4. The van der Waals surface area contributed by atoms with Gasteiger partial charge in [0.25, 0.3) is 12.3 Å². The Labute approximate surface area is 199 Å². The number of aromatic nitrogens is 3. The number of carbonyl (C=O) groups excluding carboxylic acids is 1. The topological polar surface area (TPSA) is 72.3 Å². The van der Waals surface area contributed by atoms with Crippen LogP contribution in [0.4, 0.5) is 23.2 Å². The van der Waals surface area contributed by atoms with Gasteiger partial charge < -0.3 is 15.0 Å². The van der Waals surface area contributed by atoms with Crippen molar-refractivity contribution in [1.82, 2.24) is 20.1 Å². The van der Waals surface area contributed by atoms with E-state index in [1.54, 1.807) is 13.0 Å². The molecule has 35 heavy (non-hydrogen) atoms. The van der Waals surface area contributed by atoms with Crippen molar-refractivity contribution in [3.05, 3.63) is 60.1 Å². The number of hydrogen-bond donors (Lipinski definition) is 1. The lowest BCUT2D eigenvalue weighted by Gasteiger charge is -2.22. The van der Waals surface area contributed by atoms with Crippen molar-refractivity contribution in [3.63, 3.8) is 0 Å².